The third kappa shape index (κ3) is 1.45. The van der Waals surface area contributed by atoms with E-state index in [1.807, 2.05) is 0 Å². The molecular weight excluding hydrogens is 154 g/mol. The van der Waals surface area contributed by atoms with Crippen molar-refractivity contribution < 1.29 is 9.90 Å². The second kappa shape index (κ2) is 3.09. The Labute approximate surface area is 70.1 Å². The Bertz CT molecular complexity index is 331. The molecular formula is C9H9NO2. The maximum absolute atomic E-state index is 10.5. The Kier molecular flexibility index (Phi) is 2.14. The highest BCUT2D eigenvalue weighted by Crippen LogP contribution is 2.14. The van der Waals surface area contributed by atoms with Crippen LogP contribution in [-0.2, 0) is 0 Å². The van der Waals surface area contributed by atoms with Gasteiger partial charge in [-0.25, -0.2) is 4.79 Å². The van der Waals surface area contributed by atoms with Gasteiger partial charge in [0.05, 0.1) is 5.56 Å². The zero-order valence-electron chi connectivity index (χ0n) is 6.45. The van der Waals surface area contributed by atoms with Gasteiger partial charge < -0.3 is 10.8 Å². The first kappa shape index (κ1) is 8.33. The van der Waals surface area contributed by atoms with Crippen LogP contribution >= 0.6 is 0 Å². The second-order valence-electron chi connectivity index (χ2n) is 2.35. The maximum atomic E-state index is 10.5. The van der Waals surface area contributed by atoms with E-state index in [0.29, 0.717) is 11.3 Å². The fourth-order valence-corrected chi connectivity index (χ4v) is 0.885. The van der Waals surface area contributed by atoms with Gasteiger partial charge in [-0.2, -0.15) is 0 Å². The molecule has 0 unspecified atom stereocenters. The molecule has 0 saturated heterocycles. The molecule has 1 aromatic carbocycles. The fourth-order valence-electron chi connectivity index (χ4n) is 0.885. The van der Waals surface area contributed by atoms with Gasteiger partial charge in [0.15, 0.2) is 0 Å². The van der Waals surface area contributed by atoms with Crippen molar-refractivity contribution in [3.8, 4) is 0 Å². The molecule has 0 aliphatic rings. The quantitative estimate of drug-likeness (QED) is 0.651. The molecule has 0 atom stereocenters. The number of aromatic carboxylic acids is 1. The molecule has 62 valence electrons. The molecule has 3 nitrogen and oxygen atoms in total. The summed E-state index contributed by atoms with van der Waals surface area (Å²) in [6.07, 6.45) is 1.53. The van der Waals surface area contributed by atoms with Crippen LogP contribution in [0.2, 0.25) is 0 Å². The summed E-state index contributed by atoms with van der Waals surface area (Å²) in [5.41, 5.74) is 6.94. The topological polar surface area (TPSA) is 63.3 Å². The number of benzene rings is 1. The normalized spacial score (nSPS) is 9.33. The summed E-state index contributed by atoms with van der Waals surface area (Å²) >= 11 is 0. The second-order valence-corrected chi connectivity index (χ2v) is 2.35. The van der Waals surface area contributed by atoms with Gasteiger partial charge in [-0.1, -0.05) is 12.7 Å². The summed E-state index contributed by atoms with van der Waals surface area (Å²) in [4.78, 5) is 10.5. The summed E-state index contributed by atoms with van der Waals surface area (Å²) in [6.45, 7) is 3.52. The number of rotatable bonds is 2. The first-order valence-corrected chi connectivity index (χ1v) is 3.40. The van der Waals surface area contributed by atoms with Crippen LogP contribution in [0.25, 0.3) is 6.08 Å². The number of carbonyl (C=O) groups is 1. The van der Waals surface area contributed by atoms with E-state index < -0.39 is 5.97 Å². The van der Waals surface area contributed by atoms with E-state index in [1.54, 1.807) is 6.07 Å². The van der Waals surface area contributed by atoms with Crippen LogP contribution in [0.5, 0.6) is 0 Å². The van der Waals surface area contributed by atoms with E-state index in [9.17, 15) is 4.79 Å². The summed E-state index contributed by atoms with van der Waals surface area (Å²) in [7, 11) is 0. The van der Waals surface area contributed by atoms with Gasteiger partial charge in [0.2, 0.25) is 0 Å². The standard InChI is InChI=1S/C9H9NO2/c1-2-6-5-7(9(11)12)3-4-8(6)10/h2-5H,1,10H2,(H,11,12). The van der Waals surface area contributed by atoms with Gasteiger partial charge in [-0.3, -0.25) is 0 Å². The number of hydrogen-bond acceptors (Lipinski definition) is 2. The third-order valence-corrected chi connectivity index (χ3v) is 1.55. The van der Waals surface area contributed by atoms with Crippen molar-refractivity contribution in [3.05, 3.63) is 35.9 Å². The lowest BCUT2D eigenvalue weighted by molar-refractivity contribution is 0.0697. The molecule has 0 aliphatic carbocycles. The van der Waals surface area contributed by atoms with Gasteiger partial charge in [-0.05, 0) is 23.8 Å². The predicted octanol–water partition coefficient (Wildman–Crippen LogP) is 1.61. The largest absolute Gasteiger partial charge is 0.478 e. The van der Waals surface area contributed by atoms with Crippen molar-refractivity contribution in [1.82, 2.24) is 0 Å². The Balaban J connectivity index is 3.22. The number of carboxylic acids is 1. The number of nitrogen functional groups attached to an aromatic ring is 1. The van der Waals surface area contributed by atoms with Crippen LogP contribution in [0.15, 0.2) is 24.8 Å². The minimum absolute atomic E-state index is 0.221. The number of hydrogen-bond donors (Lipinski definition) is 2. The predicted molar refractivity (Wildman–Crippen MR) is 47.9 cm³/mol. The Morgan fingerprint density at radius 2 is 2.25 bits per heavy atom. The van der Waals surface area contributed by atoms with Gasteiger partial charge in [-0.15, -0.1) is 0 Å². The zero-order chi connectivity index (χ0) is 9.14. The molecule has 3 N–H and O–H groups in total. The molecule has 0 heterocycles. The van der Waals surface area contributed by atoms with Gasteiger partial charge in [0, 0.05) is 5.69 Å². The molecule has 3 heteroatoms. The van der Waals surface area contributed by atoms with Crippen LogP contribution in [-0.4, -0.2) is 11.1 Å². The fraction of sp³-hybridized carbons (Fsp3) is 0. The molecule has 0 amide bonds. The van der Waals surface area contributed by atoms with Crippen molar-refractivity contribution in [3.63, 3.8) is 0 Å². The van der Waals surface area contributed by atoms with Gasteiger partial charge >= 0.3 is 5.97 Å². The highest BCUT2D eigenvalue weighted by atomic mass is 16.4. The molecule has 0 spiro atoms. The van der Waals surface area contributed by atoms with Crippen LogP contribution in [0.4, 0.5) is 5.69 Å². The highest BCUT2D eigenvalue weighted by molar-refractivity contribution is 5.89. The van der Waals surface area contributed by atoms with E-state index in [-0.39, 0.29) is 5.56 Å². The lowest BCUT2D eigenvalue weighted by atomic mass is 10.1. The molecule has 0 saturated carbocycles. The van der Waals surface area contributed by atoms with Crippen molar-refractivity contribution >= 4 is 17.7 Å². The van der Waals surface area contributed by atoms with Crippen LogP contribution < -0.4 is 5.73 Å². The number of nitrogens with two attached hydrogens (primary N) is 1. The SMILES string of the molecule is C=Cc1cc(C(=O)O)ccc1N. The minimum atomic E-state index is -0.960. The summed E-state index contributed by atoms with van der Waals surface area (Å²) < 4.78 is 0. The number of carboxylic acid groups (broad SMARTS) is 1. The molecule has 12 heavy (non-hydrogen) atoms. The first-order valence-electron chi connectivity index (χ1n) is 3.40. The summed E-state index contributed by atoms with van der Waals surface area (Å²) in [6, 6.07) is 4.51. The van der Waals surface area contributed by atoms with Gasteiger partial charge in [0.1, 0.15) is 0 Å². The molecule has 0 fully saturated rings. The van der Waals surface area contributed by atoms with Crippen LogP contribution in [0.3, 0.4) is 0 Å². The van der Waals surface area contributed by atoms with Crippen molar-refractivity contribution in [2.24, 2.45) is 0 Å². The van der Waals surface area contributed by atoms with E-state index in [1.165, 1.54) is 18.2 Å². The van der Waals surface area contributed by atoms with E-state index in [0.717, 1.165) is 0 Å². The summed E-state index contributed by atoms with van der Waals surface area (Å²) in [5, 5.41) is 8.62. The molecule has 0 bridgehead atoms. The van der Waals surface area contributed by atoms with E-state index in [4.69, 9.17) is 10.8 Å². The summed E-state index contributed by atoms with van der Waals surface area (Å²) in [5.74, 6) is -0.960. The Morgan fingerprint density at radius 1 is 1.58 bits per heavy atom. The lowest BCUT2D eigenvalue weighted by Gasteiger charge is -2.00. The average molecular weight is 163 g/mol. The van der Waals surface area contributed by atoms with Crippen LogP contribution in [0.1, 0.15) is 15.9 Å². The van der Waals surface area contributed by atoms with E-state index in [2.05, 4.69) is 6.58 Å². The Hall–Kier alpha value is -1.77. The number of anilines is 1. The van der Waals surface area contributed by atoms with Crippen LogP contribution in [0, 0.1) is 0 Å². The van der Waals surface area contributed by atoms with Crippen molar-refractivity contribution in [2.75, 3.05) is 5.73 Å². The zero-order valence-corrected chi connectivity index (χ0v) is 6.45. The molecule has 1 aromatic rings. The molecule has 0 radical (unpaired) electrons. The van der Waals surface area contributed by atoms with Crippen molar-refractivity contribution in [1.29, 1.82) is 0 Å². The minimum Gasteiger partial charge on any atom is -0.478 e. The highest BCUT2D eigenvalue weighted by Gasteiger charge is 2.03. The molecule has 1 rings (SSSR count). The first-order chi connectivity index (χ1) is 5.65. The van der Waals surface area contributed by atoms with Gasteiger partial charge in [0.25, 0.3) is 0 Å². The average Bonchev–Trinajstić information content (AvgIpc) is 2.05. The van der Waals surface area contributed by atoms with E-state index >= 15 is 0 Å². The monoisotopic (exact) mass is 163 g/mol. The maximum Gasteiger partial charge on any atom is 0.335 e. The Morgan fingerprint density at radius 3 is 2.75 bits per heavy atom. The molecule has 0 aromatic heterocycles. The molecule has 0 aliphatic heterocycles. The third-order valence-electron chi connectivity index (χ3n) is 1.55. The lowest BCUT2D eigenvalue weighted by Crippen LogP contribution is -1.98. The van der Waals surface area contributed by atoms with Crippen molar-refractivity contribution in [2.45, 2.75) is 0 Å². The smallest absolute Gasteiger partial charge is 0.335 e.